The van der Waals surface area contributed by atoms with Crippen LogP contribution in [0.25, 0.3) is 44.2 Å². The molecule has 0 bridgehead atoms. The summed E-state index contributed by atoms with van der Waals surface area (Å²) in [6.45, 7) is 10.2. The van der Waals surface area contributed by atoms with Crippen molar-refractivity contribution in [2.75, 3.05) is 9.80 Å². The van der Waals surface area contributed by atoms with Crippen LogP contribution < -0.4 is 9.80 Å². The first kappa shape index (κ1) is 35.5. The van der Waals surface area contributed by atoms with Gasteiger partial charge in [0.05, 0.1) is 22.2 Å². The van der Waals surface area contributed by atoms with Gasteiger partial charge in [0.2, 0.25) is 0 Å². The number of para-hydroxylation sites is 3. The molecule has 1 aromatic heterocycles. The maximum atomic E-state index is 7.28. The average molecular weight is 805 g/mol. The van der Waals surface area contributed by atoms with E-state index in [0.717, 1.165) is 17.6 Å². The molecule has 3 nitrogen and oxygen atoms in total. The lowest BCUT2D eigenvalue weighted by Gasteiger charge is -2.50. The van der Waals surface area contributed by atoms with Crippen molar-refractivity contribution in [1.29, 1.82) is 0 Å². The van der Waals surface area contributed by atoms with E-state index >= 15 is 0 Å². The van der Waals surface area contributed by atoms with Crippen molar-refractivity contribution in [3.05, 3.63) is 179 Å². The molecule has 4 unspecified atom stereocenters. The molecule has 2 fully saturated rings. The summed E-state index contributed by atoms with van der Waals surface area (Å²) in [6, 6.07) is 56.3. The molecule has 2 saturated carbocycles. The summed E-state index contributed by atoms with van der Waals surface area (Å²) in [6.07, 6.45) is 9.71. The van der Waals surface area contributed by atoms with Crippen LogP contribution in [0.15, 0.2) is 150 Å². The van der Waals surface area contributed by atoms with Crippen molar-refractivity contribution >= 4 is 44.7 Å². The van der Waals surface area contributed by atoms with Crippen molar-refractivity contribution in [2.45, 2.75) is 106 Å². The highest BCUT2D eigenvalue weighted by Gasteiger charge is 2.61. The standard InChI is InChI=1S/C59H52N2O/c1-55-31-15-17-33-57(55,3)60(48-26-12-10-24-44(48)55)37-29-30-40-46(35-37)59(42-22-8-5-19-38(42)39-20-6-9-23-43(39)59)47-36-50(54-53(52(40)47)41-21-7-14-28-51(41)62-54)61-49-27-13-11-25-45(49)56(2)32-16-18-34-58(56,61)4/h5-14,19-30,35-36H,15-18,31-34H2,1-4H3. The number of fused-ring (bicyclic) bond motifs is 20. The van der Waals surface area contributed by atoms with Gasteiger partial charge in [-0.15, -0.1) is 0 Å². The van der Waals surface area contributed by atoms with E-state index in [-0.39, 0.29) is 21.9 Å². The van der Waals surface area contributed by atoms with Gasteiger partial charge in [0.1, 0.15) is 5.58 Å². The molecule has 0 radical (unpaired) electrons. The topological polar surface area (TPSA) is 19.6 Å². The van der Waals surface area contributed by atoms with E-state index in [0.29, 0.717) is 0 Å². The van der Waals surface area contributed by atoms with E-state index < -0.39 is 5.41 Å². The van der Waals surface area contributed by atoms with E-state index in [1.54, 1.807) is 0 Å². The first-order valence-electron chi connectivity index (χ1n) is 23.4. The Balaban J connectivity index is 1.13. The first-order valence-corrected chi connectivity index (χ1v) is 23.4. The molecule has 0 amide bonds. The molecule has 3 heterocycles. The minimum absolute atomic E-state index is 0.0110. The quantitative estimate of drug-likeness (QED) is 0.174. The SMILES string of the molecule is CC12CCCCC1(C)N(c1ccc3c(c1)C1(c4ccccc4-c4ccccc41)c1cc(N4c5ccccc5C5(C)CCCCC45C)c4oc5ccccc5c4c1-3)c1ccccc12. The molecule has 2 aliphatic heterocycles. The predicted octanol–water partition coefficient (Wildman–Crippen LogP) is 15.4. The third-order valence-electron chi connectivity index (χ3n) is 18.2. The van der Waals surface area contributed by atoms with Crippen LogP contribution >= 0.6 is 0 Å². The van der Waals surface area contributed by atoms with Crippen LogP contribution in [0.4, 0.5) is 22.7 Å². The largest absolute Gasteiger partial charge is 0.454 e. The van der Waals surface area contributed by atoms with Gasteiger partial charge in [0, 0.05) is 38.7 Å². The lowest BCUT2D eigenvalue weighted by atomic mass is 9.61. The smallest absolute Gasteiger partial charge is 0.159 e. The molecule has 3 heteroatoms. The van der Waals surface area contributed by atoms with Crippen LogP contribution in [0, 0.1) is 0 Å². The minimum atomic E-state index is -0.540. The maximum absolute atomic E-state index is 7.28. The Morgan fingerprint density at radius 3 is 1.63 bits per heavy atom. The second-order valence-electron chi connectivity index (χ2n) is 20.5. The Hall–Kier alpha value is -6.06. The molecular formula is C59H52N2O. The van der Waals surface area contributed by atoms with Gasteiger partial charge in [0.25, 0.3) is 0 Å². The van der Waals surface area contributed by atoms with Crippen molar-refractivity contribution in [3.63, 3.8) is 0 Å². The van der Waals surface area contributed by atoms with Crippen LogP contribution in [0.1, 0.15) is 112 Å². The monoisotopic (exact) mass is 804 g/mol. The first-order chi connectivity index (χ1) is 30.2. The molecule has 8 aromatic rings. The lowest BCUT2D eigenvalue weighted by Crippen LogP contribution is -2.54. The van der Waals surface area contributed by atoms with E-state index in [1.807, 2.05) is 0 Å². The van der Waals surface area contributed by atoms with Crippen LogP contribution in [0.2, 0.25) is 0 Å². The maximum Gasteiger partial charge on any atom is 0.159 e. The predicted molar refractivity (Wildman–Crippen MR) is 256 cm³/mol. The molecule has 304 valence electrons. The number of hydrogen-bond acceptors (Lipinski definition) is 3. The van der Waals surface area contributed by atoms with Crippen LogP contribution in [-0.4, -0.2) is 11.1 Å². The van der Waals surface area contributed by atoms with Crippen LogP contribution in [0.5, 0.6) is 0 Å². The molecule has 4 atom stereocenters. The molecule has 14 rings (SSSR count). The summed E-state index contributed by atoms with van der Waals surface area (Å²) in [7, 11) is 0. The van der Waals surface area contributed by atoms with Gasteiger partial charge in [-0.05, 0) is 132 Å². The number of benzene rings is 7. The van der Waals surface area contributed by atoms with Crippen molar-refractivity contribution in [3.8, 4) is 22.3 Å². The molecule has 6 aliphatic rings. The Labute approximate surface area is 365 Å². The zero-order valence-corrected chi connectivity index (χ0v) is 36.3. The minimum Gasteiger partial charge on any atom is -0.454 e. The van der Waals surface area contributed by atoms with Crippen molar-refractivity contribution < 1.29 is 4.42 Å². The lowest BCUT2D eigenvalue weighted by molar-refractivity contribution is 0.195. The second kappa shape index (κ2) is 11.7. The number of anilines is 4. The van der Waals surface area contributed by atoms with E-state index in [4.69, 9.17) is 4.42 Å². The van der Waals surface area contributed by atoms with Gasteiger partial charge in [-0.2, -0.15) is 0 Å². The molecule has 4 aliphatic carbocycles. The molecule has 7 aromatic carbocycles. The fourth-order valence-corrected chi connectivity index (χ4v) is 15.0. The zero-order valence-electron chi connectivity index (χ0n) is 36.3. The number of nitrogens with zero attached hydrogens (tertiary/aromatic N) is 2. The Morgan fingerprint density at radius 2 is 0.968 bits per heavy atom. The van der Waals surface area contributed by atoms with Crippen LogP contribution in [0.3, 0.4) is 0 Å². The summed E-state index contributed by atoms with van der Waals surface area (Å²) in [5.74, 6) is 0. The highest BCUT2D eigenvalue weighted by atomic mass is 16.3. The molecule has 0 N–H and O–H groups in total. The third-order valence-corrected chi connectivity index (χ3v) is 18.2. The summed E-state index contributed by atoms with van der Waals surface area (Å²) in [5.41, 5.74) is 20.3. The Morgan fingerprint density at radius 1 is 0.435 bits per heavy atom. The normalized spacial score (nSPS) is 26.8. The van der Waals surface area contributed by atoms with Gasteiger partial charge in [-0.25, -0.2) is 0 Å². The molecule has 0 saturated heterocycles. The van der Waals surface area contributed by atoms with E-state index in [1.165, 1.54) is 134 Å². The Kier molecular flexibility index (Phi) is 6.70. The number of hydrogen-bond donors (Lipinski definition) is 0. The summed E-state index contributed by atoms with van der Waals surface area (Å²) in [5, 5.41) is 2.43. The van der Waals surface area contributed by atoms with Gasteiger partial charge >= 0.3 is 0 Å². The fraction of sp³-hybridized carbons (Fsp3) is 0.288. The van der Waals surface area contributed by atoms with Gasteiger partial charge in [0.15, 0.2) is 5.58 Å². The zero-order chi connectivity index (χ0) is 41.4. The molecule has 62 heavy (non-hydrogen) atoms. The number of rotatable bonds is 2. The summed E-state index contributed by atoms with van der Waals surface area (Å²) in [4.78, 5) is 5.53. The molecule has 1 spiro atoms. The highest BCUT2D eigenvalue weighted by molar-refractivity contribution is 6.20. The third kappa shape index (κ3) is 3.86. The fourth-order valence-electron chi connectivity index (χ4n) is 15.0. The molecular weight excluding hydrogens is 753 g/mol. The van der Waals surface area contributed by atoms with Crippen molar-refractivity contribution in [1.82, 2.24) is 0 Å². The van der Waals surface area contributed by atoms with Gasteiger partial charge in [-0.1, -0.05) is 149 Å². The van der Waals surface area contributed by atoms with Gasteiger partial charge < -0.3 is 14.2 Å². The van der Waals surface area contributed by atoms with E-state index in [2.05, 4.69) is 183 Å². The highest BCUT2D eigenvalue weighted by Crippen LogP contribution is 2.69. The van der Waals surface area contributed by atoms with Crippen molar-refractivity contribution in [2.24, 2.45) is 0 Å². The van der Waals surface area contributed by atoms with Gasteiger partial charge in [-0.3, -0.25) is 0 Å². The van der Waals surface area contributed by atoms with E-state index in [9.17, 15) is 0 Å². The summed E-state index contributed by atoms with van der Waals surface area (Å²) >= 11 is 0. The average Bonchev–Trinajstić information content (AvgIpc) is 4.02. The Bertz CT molecular complexity index is 3220. The second-order valence-corrected chi connectivity index (χ2v) is 20.5. The van der Waals surface area contributed by atoms with Crippen LogP contribution in [-0.2, 0) is 16.2 Å². The summed E-state index contributed by atoms with van der Waals surface area (Å²) < 4.78 is 7.28. The number of furan rings is 1.